The Morgan fingerprint density at radius 3 is 2.94 bits per heavy atom. The highest BCUT2D eigenvalue weighted by atomic mass is 32.2. The number of carbonyl (C=O) groups excluding carboxylic acids is 1. The number of nitrogens with zero attached hydrogens (tertiary/aromatic N) is 1. The third-order valence-electron chi connectivity index (χ3n) is 3.03. The van der Waals surface area contributed by atoms with Gasteiger partial charge in [0.2, 0.25) is 5.91 Å². The van der Waals surface area contributed by atoms with Crippen LogP contribution in [0.4, 0.5) is 0 Å². The van der Waals surface area contributed by atoms with Gasteiger partial charge in [-0.1, -0.05) is 13.8 Å². The topological polar surface area (TPSA) is 46.3 Å². The summed E-state index contributed by atoms with van der Waals surface area (Å²) < 4.78 is 0. The number of hydrogen-bond acceptors (Lipinski definition) is 3. The van der Waals surface area contributed by atoms with Crippen LogP contribution in [0.3, 0.4) is 0 Å². The molecule has 0 bridgehead atoms. The number of carbonyl (C=O) groups is 1. The van der Waals surface area contributed by atoms with Crippen molar-refractivity contribution in [2.75, 3.05) is 24.6 Å². The van der Waals surface area contributed by atoms with Gasteiger partial charge >= 0.3 is 0 Å². The Morgan fingerprint density at radius 1 is 1.56 bits per heavy atom. The van der Waals surface area contributed by atoms with Crippen LogP contribution in [-0.4, -0.2) is 41.4 Å². The second-order valence-corrected chi connectivity index (χ2v) is 5.96. The van der Waals surface area contributed by atoms with E-state index < -0.39 is 0 Å². The van der Waals surface area contributed by atoms with Crippen molar-refractivity contribution in [1.82, 2.24) is 4.90 Å². The van der Waals surface area contributed by atoms with Crippen LogP contribution in [0.25, 0.3) is 0 Å². The van der Waals surface area contributed by atoms with E-state index in [2.05, 4.69) is 13.8 Å². The molecule has 1 aliphatic rings. The van der Waals surface area contributed by atoms with Gasteiger partial charge in [-0.05, 0) is 30.9 Å². The standard InChI is InChI=1S/C12H24N2OS/c1-10(2)5-7-16-9-12(15)14-6-3-4-11(14)8-13/h10-11H,3-9,13H2,1-2H3. The molecular weight excluding hydrogens is 220 g/mol. The summed E-state index contributed by atoms with van der Waals surface area (Å²) in [6.07, 6.45) is 3.39. The monoisotopic (exact) mass is 244 g/mol. The molecule has 0 spiro atoms. The van der Waals surface area contributed by atoms with Crippen molar-refractivity contribution in [3.05, 3.63) is 0 Å². The van der Waals surface area contributed by atoms with E-state index in [-0.39, 0.29) is 5.91 Å². The summed E-state index contributed by atoms with van der Waals surface area (Å²) in [6, 6.07) is 0.304. The highest BCUT2D eigenvalue weighted by molar-refractivity contribution is 7.99. The molecule has 0 radical (unpaired) electrons. The van der Waals surface area contributed by atoms with E-state index >= 15 is 0 Å². The molecule has 3 nitrogen and oxygen atoms in total. The highest BCUT2D eigenvalue weighted by Crippen LogP contribution is 2.18. The molecule has 2 N–H and O–H groups in total. The van der Waals surface area contributed by atoms with Crippen LogP contribution in [0.5, 0.6) is 0 Å². The first-order valence-electron chi connectivity index (χ1n) is 6.22. The fourth-order valence-electron chi connectivity index (χ4n) is 1.97. The van der Waals surface area contributed by atoms with Crippen LogP contribution >= 0.6 is 11.8 Å². The fraction of sp³-hybridized carbons (Fsp3) is 0.917. The van der Waals surface area contributed by atoms with Gasteiger partial charge in [-0.25, -0.2) is 0 Å². The number of hydrogen-bond donors (Lipinski definition) is 1. The maximum atomic E-state index is 11.9. The minimum absolute atomic E-state index is 0.279. The first-order valence-corrected chi connectivity index (χ1v) is 7.38. The van der Waals surface area contributed by atoms with E-state index in [4.69, 9.17) is 5.73 Å². The lowest BCUT2D eigenvalue weighted by molar-refractivity contribution is -0.128. The molecular formula is C12H24N2OS. The van der Waals surface area contributed by atoms with Gasteiger partial charge in [0.05, 0.1) is 5.75 Å². The quantitative estimate of drug-likeness (QED) is 0.724. The zero-order valence-electron chi connectivity index (χ0n) is 10.4. The van der Waals surface area contributed by atoms with Crippen LogP contribution < -0.4 is 5.73 Å². The molecule has 0 aromatic heterocycles. The first kappa shape index (κ1) is 13.8. The molecule has 1 heterocycles. The van der Waals surface area contributed by atoms with Crippen LogP contribution in [0.15, 0.2) is 0 Å². The van der Waals surface area contributed by atoms with Gasteiger partial charge in [0.15, 0.2) is 0 Å². The van der Waals surface area contributed by atoms with Crippen molar-refractivity contribution >= 4 is 17.7 Å². The van der Waals surface area contributed by atoms with Crippen LogP contribution in [0.1, 0.15) is 33.1 Å². The molecule has 1 aliphatic heterocycles. The second-order valence-electron chi connectivity index (χ2n) is 4.85. The zero-order chi connectivity index (χ0) is 12.0. The Kier molecular flexibility index (Phi) is 6.21. The van der Waals surface area contributed by atoms with E-state index in [0.717, 1.165) is 31.1 Å². The van der Waals surface area contributed by atoms with E-state index in [1.165, 1.54) is 6.42 Å². The third-order valence-corrected chi connectivity index (χ3v) is 4.01. The molecule has 4 heteroatoms. The van der Waals surface area contributed by atoms with Crippen LogP contribution in [0.2, 0.25) is 0 Å². The lowest BCUT2D eigenvalue weighted by Crippen LogP contribution is -2.40. The zero-order valence-corrected chi connectivity index (χ0v) is 11.3. The Morgan fingerprint density at radius 2 is 2.31 bits per heavy atom. The maximum absolute atomic E-state index is 11.9. The lowest BCUT2D eigenvalue weighted by atomic mass is 10.2. The van der Waals surface area contributed by atoms with E-state index in [1.807, 2.05) is 4.90 Å². The average Bonchev–Trinajstić information content (AvgIpc) is 2.71. The molecule has 94 valence electrons. The lowest BCUT2D eigenvalue weighted by Gasteiger charge is -2.23. The Labute approximate surface area is 103 Å². The summed E-state index contributed by atoms with van der Waals surface area (Å²) in [5, 5.41) is 0. The van der Waals surface area contributed by atoms with Gasteiger partial charge in [-0.2, -0.15) is 11.8 Å². The fourth-order valence-corrected chi connectivity index (χ4v) is 3.09. The molecule has 1 unspecified atom stereocenters. The molecule has 1 fully saturated rings. The highest BCUT2D eigenvalue weighted by Gasteiger charge is 2.26. The smallest absolute Gasteiger partial charge is 0.232 e. The summed E-state index contributed by atoms with van der Waals surface area (Å²) in [7, 11) is 0. The minimum atomic E-state index is 0.279. The van der Waals surface area contributed by atoms with Gasteiger partial charge in [-0.15, -0.1) is 0 Å². The minimum Gasteiger partial charge on any atom is -0.338 e. The van der Waals surface area contributed by atoms with Gasteiger partial charge in [0.25, 0.3) is 0 Å². The van der Waals surface area contributed by atoms with Crippen LogP contribution in [0, 0.1) is 5.92 Å². The number of nitrogens with two attached hydrogens (primary N) is 1. The van der Waals surface area contributed by atoms with Crippen molar-refractivity contribution < 1.29 is 4.79 Å². The van der Waals surface area contributed by atoms with Gasteiger partial charge in [0, 0.05) is 19.1 Å². The molecule has 0 aromatic carbocycles. The number of rotatable bonds is 6. The summed E-state index contributed by atoms with van der Waals surface area (Å²) in [5.41, 5.74) is 5.66. The third kappa shape index (κ3) is 4.34. The summed E-state index contributed by atoms with van der Waals surface area (Å²) in [4.78, 5) is 13.9. The summed E-state index contributed by atoms with van der Waals surface area (Å²) in [6.45, 7) is 5.95. The number of likely N-dealkylation sites (tertiary alicyclic amines) is 1. The molecule has 1 rings (SSSR count). The molecule has 16 heavy (non-hydrogen) atoms. The molecule has 1 atom stereocenters. The maximum Gasteiger partial charge on any atom is 0.232 e. The molecule has 1 amide bonds. The second kappa shape index (κ2) is 7.17. The average molecular weight is 244 g/mol. The normalized spacial score (nSPS) is 20.8. The Bertz CT molecular complexity index is 221. The van der Waals surface area contributed by atoms with Crippen molar-refractivity contribution in [2.45, 2.75) is 39.2 Å². The summed E-state index contributed by atoms with van der Waals surface area (Å²) >= 11 is 1.76. The van der Waals surface area contributed by atoms with Crippen LogP contribution in [-0.2, 0) is 4.79 Å². The number of amides is 1. The summed E-state index contributed by atoms with van der Waals surface area (Å²) in [5.74, 6) is 2.72. The largest absolute Gasteiger partial charge is 0.338 e. The molecule has 0 saturated carbocycles. The molecule has 1 saturated heterocycles. The predicted octanol–water partition coefficient (Wildman–Crippen LogP) is 1.72. The van der Waals surface area contributed by atoms with Crippen molar-refractivity contribution in [3.8, 4) is 0 Å². The predicted molar refractivity (Wildman–Crippen MR) is 70.6 cm³/mol. The van der Waals surface area contributed by atoms with Crippen molar-refractivity contribution in [3.63, 3.8) is 0 Å². The van der Waals surface area contributed by atoms with Gasteiger partial charge in [0.1, 0.15) is 0 Å². The Hall–Kier alpha value is -0.220. The first-order chi connectivity index (χ1) is 7.65. The van der Waals surface area contributed by atoms with E-state index in [1.54, 1.807) is 11.8 Å². The van der Waals surface area contributed by atoms with Gasteiger partial charge in [-0.3, -0.25) is 4.79 Å². The van der Waals surface area contributed by atoms with Gasteiger partial charge < -0.3 is 10.6 Å². The van der Waals surface area contributed by atoms with Crippen molar-refractivity contribution in [2.24, 2.45) is 11.7 Å². The van der Waals surface area contributed by atoms with E-state index in [0.29, 0.717) is 18.3 Å². The molecule has 0 aliphatic carbocycles. The van der Waals surface area contributed by atoms with E-state index in [9.17, 15) is 4.79 Å². The number of thioether (sulfide) groups is 1. The molecule has 0 aromatic rings. The SMILES string of the molecule is CC(C)CCSCC(=O)N1CCCC1CN. The Balaban J connectivity index is 2.19. The van der Waals surface area contributed by atoms with Crippen molar-refractivity contribution in [1.29, 1.82) is 0 Å².